The highest BCUT2D eigenvalue weighted by Crippen LogP contribution is 3.09. The number of rotatable bonds is 0. The molecule has 0 aromatic heterocycles. The topological polar surface area (TPSA) is 17.1 Å². The number of carbonyl (C=O) groups excluding carboxylic acids is 1. The van der Waals surface area contributed by atoms with Crippen LogP contribution in [0, 0.1) is 0 Å². The number of hydrogen-bond acceptors (Lipinski definition) is 1. The summed E-state index contributed by atoms with van der Waals surface area (Å²) in [6, 6.07) is 0. The second-order valence-electron chi connectivity index (χ2n) is 6.17. The van der Waals surface area contributed by atoms with E-state index in [1.807, 2.05) is 0 Å². The molecule has 0 spiro atoms. The zero-order chi connectivity index (χ0) is 16.1. The van der Waals surface area contributed by atoms with E-state index in [0.717, 1.165) is 0 Å². The van der Waals surface area contributed by atoms with E-state index in [1.54, 1.807) is 0 Å². The summed E-state index contributed by atoms with van der Waals surface area (Å²) in [7, 11) is 0. The standard InChI is InChI=1S/C10Cl10O/c11-2-1(21)3(12)6(15)4(2,13)8(17)5(2,14)7(3,16)9(6,18)10(8,19)20/t2?,3?,4-,5-,6?,7?,8?,9?/m0/s1. The summed E-state index contributed by atoms with van der Waals surface area (Å²) in [5.74, 6) is -0.690. The fourth-order valence-corrected chi connectivity index (χ4v) is 14.0. The second-order valence-corrected chi connectivity index (χ2v) is 12.0. The zero-order valence-electron chi connectivity index (χ0n) is 9.19. The maximum absolute atomic E-state index is 12.8. The van der Waals surface area contributed by atoms with Crippen molar-refractivity contribution in [1.82, 2.24) is 0 Å². The minimum Gasteiger partial charge on any atom is -0.295 e. The van der Waals surface area contributed by atoms with Crippen molar-refractivity contribution < 1.29 is 4.79 Å². The molecule has 0 radical (unpaired) electrons. The first-order chi connectivity index (χ1) is 9.15. The van der Waals surface area contributed by atoms with Gasteiger partial charge in [-0.1, -0.05) is 23.2 Å². The van der Waals surface area contributed by atoms with Gasteiger partial charge in [-0.3, -0.25) is 4.79 Å². The predicted molar refractivity (Wildman–Crippen MR) is 88.1 cm³/mol. The highest BCUT2D eigenvalue weighted by molar-refractivity contribution is 6.83. The Hall–Kier alpha value is 2.57. The third-order valence-corrected chi connectivity index (χ3v) is 15.3. The molecule has 11 heteroatoms. The molecule has 0 aromatic rings. The van der Waals surface area contributed by atoms with Gasteiger partial charge in [0.25, 0.3) is 0 Å². The summed E-state index contributed by atoms with van der Waals surface area (Å²) >= 11 is 65.7. The Kier molecular flexibility index (Phi) is 2.23. The van der Waals surface area contributed by atoms with E-state index >= 15 is 0 Å². The van der Waals surface area contributed by atoms with Crippen molar-refractivity contribution in [2.24, 2.45) is 0 Å². The number of hydrogen-bond donors (Lipinski definition) is 0. The Morgan fingerprint density at radius 1 is 0.476 bits per heavy atom. The molecule has 0 aliphatic heterocycles. The molecule has 6 aliphatic carbocycles. The summed E-state index contributed by atoms with van der Waals surface area (Å²) in [5, 5.41) is 0. The molecule has 6 saturated carbocycles. The van der Waals surface area contributed by atoms with Gasteiger partial charge in [0.15, 0.2) is 19.9 Å². The van der Waals surface area contributed by atoms with Gasteiger partial charge in [0.1, 0.15) is 29.2 Å². The summed E-state index contributed by atoms with van der Waals surface area (Å²) in [6.07, 6.45) is 0. The van der Waals surface area contributed by atoms with Gasteiger partial charge in [0.2, 0.25) is 0 Å². The van der Waals surface area contributed by atoms with E-state index in [4.69, 9.17) is 116 Å². The van der Waals surface area contributed by atoms with Crippen molar-refractivity contribution in [2.45, 2.75) is 43.3 Å². The van der Waals surface area contributed by atoms with Gasteiger partial charge in [0.05, 0.1) is 0 Å². The molecule has 6 rings (SSSR count). The van der Waals surface area contributed by atoms with E-state index in [0.29, 0.717) is 0 Å². The molecule has 4 atom stereocenters. The van der Waals surface area contributed by atoms with Crippen molar-refractivity contribution >= 4 is 122 Å². The van der Waals surface area contributed by atoms with E-state index in [2.05, 4.69) is 0 Å². The van der Waals surface area contributed by atoms with Crippen LogP contribution in [0.5, 0.6) is 0 Å². The molecule has 21 heavy (non-hydrogen) atoms. The molecule has 6 aliphatic rings. The van der Waals surface area contributed by atoms with Gasteiger partial charge in [-0.05, 0) is 0 Å². The molecule has 2 unspecified atom stereocenters. The molecular weight excluding hydrogens is 491 g/mol. The van der Waals surface area contributed by atoms with Crippen LogP contribution in [-0.4, -0.2) is 49.1 Å². The van der Waals surface area contributed by atoms with Crippen LogP contribution in [0.4, 0.5) is 0 Å². The lowest BCUT2D eigenvalue weighted by Crippen LogP contribution is -3.03. The molecule has 1 nitrogen and oxygen atoms in total. The number of carbonyl (C=O) groups is 1. The molecule has 0 amide bonds. The van der Waals surface area contributed by atoms with Crippen LogP contribution >= 0.6 is 116 Å². The maximum Gasteiger partial charge on any atom is 0.182 e. The normalized spacial score (nSPS) is 81.0. The average Bonchev–Trinajstić information content (AvgIpc) is 2.64. The van der Waals surface area contributed by atoms with Crippen molar-refractivity contribution in [3.8, 4) is 0 Å². The SMILES string of the molecule is O=C1C2(Cl)C3(Cl)C4(Cl)C(Cl)(Cl)C5(Cl)[C@]3(Cl)C1(Cl)[C@]5(Cl)C24Cl. The Bertz CT molecular complexity index is 631. The first-order valence-electron chi connectivity index (χ1n) is 5.59. The Balaban J connectivity index is 2.08. The third-order valence-electron chi connectivity index (χ3n) is 6.24. The largest absolute Gasteiger partial charge is 0.295 e. The van der Waals surface area contributed by atoms with Gasteiger partial charge >= 0.3 is 0 Å². The van der Waals surface area contributed by atoms with Crippen LogP contribution in [0.25, 0.3) is 0 Å². The lowest BCUT2D eigenvalue weighted by atomic mass is 9.41. The Morgan fingerprint density at radius 3 is 0.952 bits per heavy atom. The van der Waals surface area contributed by atoms with Gasteiger partial charge < -0.3 is 0 Å². The maximum atomic E-state index is 12.8. The average molecular weight is 491 g/mol. The van der Waals surface area contributed by atoms with Crippen molar-refractivity contribution in [1.29, 1.82) is 0 Å². The highest BCUT2D eigenvalue weighted by Gasteiger charge is 3.30. The van der Waals surface area contributed by atoms with Crippen LogP contribution in [-0.2, 0) is 4.79 Å². The first-order valence-corrected chi connectivity index (χ1v) is 9.37. The van der Waals surface area contributed by atoms with Crippen LogP contribution in [0.2, 0.25) is 0 Å². The number of ketones is 1. The van der Waals surface area contributed by atoms with Crippen molar-refractivity contribution in [3.63, 3.8) is 0 Å². The monoisotopic (exact) mass is 486 g/mol. The fraction of sp³-hybridized carbons (Fsp3) is 0.900. The molecule has 0 N–H and O–H groups in total. The van der Waals surface area contributed by atoms with E-state index in [-0.39, 0.29) is 0 Å². The quantitative estimate of drug-likeness (QED) is 0.453. The van der Waals surface area contributed by atoms with E-state index < -0.39 is 49.1 Å². The van der Waals surface area contributed by atoms with E-state index in [1.165, 1.54) is 0 Å². The Labute approximate surface area is 168 Å². The lowest BCUT2D eigenvalue weighted by molar-refractivity contribution is -0.122. The molecule has 116 valence electrons. The highest BCUT2D eigenvalue weighted by atomic mass is 35.5. The van der Waals surface area contributed by atoms with E-state index in [9.17, 15) is 4.79 Å². The predicted octanol–water partition coefficient (Wildman–Crippen LogP) is 4.62. The smallest absolute Gasteiger partial charge is 0.182 e. The summed E-state index contributed by atoms with van der Waals surface area (Å²) in [5.41, 5.74) is 0. The molecule has 6 fully saturated rings. The van der Waals surface area contributed by atoms with Gasteiger partial charge in [-0.15, -0.1) is 92.8 Å². The molecule has 0 saturated heterocycles. The van der Waals surface area contributed by atoms with Crippen LogP contribution in [0.1, 0.15) is 0 Å². The molecule has 4 bridgehead atoms. The molecule has 0 aromatic carbocycles. The van der Waals surface area contributed by atoms with Crippen LogP contribution in [0.3, 0.4) is 0 Å². The van der Waals surface area contributed by atoms with Gasteiger partial charge in [-0.2, -0.15) is 0 Å². The second kappa shape index (κ2) is 2.96. The van der Waals surface area contributed by atoms with Crippen LogP contribution in [0.15, 0.2) is 0 Å². The summed E-state index contributed by atoms with van der Waals surface area (Å²) in [6.45, 7) is 0. The summed E-state index contributed by atoms with van der Waals surface area (Å²) in [4.78, 5) is -2.01. The lowest BCUT2D eigenvalue weighted by Gasteiger charge is -2.80. The number of alkyl halides is 10. The van der Waals surface area contributed by atoms with Gasteiger partial charge in [0, 0.05) is 0 Å². The third kappa shape index (κ3) is 0.636. The molecular formula is C10Cl10O. The van der Waals surface area contributed by atoms with Crippen molar-refractivity contribution in [3.05, 3.63) is 0 Å². The summed E-state index contributed by atoms with van der Waals surface area (Å²) < 4.78 is -1.94. The fourth-order valence-electron chi connectivity index (χ4n) is 5.64. The van der Waals surface area contributed by atoms with Gasteiger partial charge in [-0.25, -0.2) is 0 Å². The Morgan fingerprint density at radius 2 is 0.714 bits per heavy atom. The molecule has 0 heterocycles. The minimum atomic E-state index is -1.94. The zero-order valence-corrected chi connectivity index (χ0v) is 16.7. The van der Waals surface area contributed by atoms with Crippen molar-refractivity contribution in [2.75, 3.05) is 0 Å². The minimum absolute atomic E-state index is 0.690. The number of Topliss-reactive ketones (excluding diaryl/α,β-unsaturated/α-hetero) is 1. The van der Waals surface area contributed by atoms with Crippen LogP contribution < -0.4 is 0 Å². The number of halogens is 10. The first kappa shape index (κ1) is 15.8.